The van der Waals surface area contributed by atoms with Crippen molar-refractivity contribution in [1.29, 1.82) is 0 Å². The van der Waals surface area contributed by atoms with Crippen LogP contribution in [0.5, 0.6) is 0 Å². The molecule has 0 amide bonds. The standard InChI is InChI=1S/C18H35O.C3H9N/c1-3-5-6-7-8-9-10-11-12-13-14-15-16-17-18(19)4-2;1-4(2)3/h2-17H2,1H3;1-3H3. The molecule has 0 fully saturated rings. The molecule has 0 bridgehead atoms. The van der Waals surface area contributed by atoms with E-state index in [1.807, 2.05) is 26.0 Å². The summed E-state index contributed by atoms with van der Waals surface area (Å²) in [4.78, 5) is 13.1. The predicted octanol–water partition coefficient (Wildman–Crippen LogP) is 6.44. The number of nitrogens with zero attached hydrogens (tertiary/aromatic N) is 1. The van der Waals surface area contributed by atoms with Crippen LogP contribution < -0.4 is 0 Å². The summed E-state index contributed by atoms with van der Waals surface area (Å²) in [6.07, 6.45) is 18.9. The molecule has 0 saturated heterocycles. The van der Waals surface area contributed by atoms with Crippen molar-refractivity contribution in [3.8, 4) is 0 Å². The second kappa shape index (κ2) is 21.6. The van der Waals surface area contributed by atoms with Gasteiger partial charge in [-0.15, -0.1) is 0 Å². The van der Waals surface area contributed by atoms with E-state index >= 15 is 0 Å². The smallest absolute Gasteiger partial charge is 0.132 e. The van der Waals surface area contributed by atoms with E-state index in [0.717, 1.165) is 12.8 Å². The highest BCUT2D eigenvalue weighted by atomic mass is 16.1. The Morgan fingerprint density at radius 2 is 1.00 bits per heavy atom. The van der Waals surface area contributed by atoms with Gasteiger partial charge in [0.2, 0.25) is 0 Å². The summed E-state index contributed by atoms with van der Waals surface area (Å²) < 4.78 is 0. The van der Waals surface area contributed by atoms with Gasteiger partial charge < -0.3 is 4.90 Å². The second-order valence-corrected chi connectivity index (χ2v) is 7.12. The van der Waals surface area contributed by atoms with Crippen molar-refractivity contribution in [3.63, 3.8) is 0 Å². The van der Waals surface area contributed by atoms with E-state index < -0.39 is 0 Å². The van der Waals surface area contributed by atoms with Crippen LogP contribution in [0.4, 0.5) is 0 Å². The lowest BCUT2D eigenvalue weighted by atomic mass is 10.0. The van der Waals surface area contributed by atoms with E-state index in [9.17, 15) is 4.79 Å². The van der Waals surface area contributed by atoms with Crippen LogP contribution in [0, 0.1) is 6.92 Å². The number of rotatable bonds is 15. The average Bonchev–Trinajstić information content (AvgIpc) is 2.51. The van der Waals surface area contributed by atoms with Crippen molar-refractivity contribution in [2.45, 2.75) is 103 Å². The van der Waals surface area contributed by atoms with Crippen LogP contribution in [0.15, 0.2) is 0 Å². The van der Waals surface area contributed by atoms with Gasteiger partial charge >= 0.3 is 0 Å². The Bertz CT molecular complexity index is 223. The first kappa shape index (κ1) is 24.9. The molecule has 0 atom stereocenters. The molecule has 0 rings (SSSR count). The van der Waals surface area contributed by atoms with Crippen LogP contribution in [0.25, 0.3) is 0 Å². The number of Topliss-reactive ketones (excluding diaryl/α,β-unsaturated/α-hetero) is 1. The molecule has 0 N–H and O–H groups in total. The fourth-order valence-corrected chi connectivity index (χ4v) is 2.46. The third-order valence-electron chi connectivity index (χ3n) is 3.84. The number of hydrogen-bond acceptors (Lipinski definition) is 2. The zero-order chi connectivity index (χ0) is 17.8. The molecule has 0 unspecified atom stereocenters. The van der Waals surface area contributed by atoms with Crippen LogP contribution in [-0.4, -0.2) is 31.8 Å². The molecule has 0 aliphatic rings. The molecule has 0 aromatic carbocycles. The van der Waals surface area contributed by atoms with Gasteiger partial charge in [-0.2, -0.15) is 0 Å². The van der Waals surface area contributed by atoms with Gasteiger partial charge in [-0.25, -0.2) is 0 Å². The van der Waals surface area contributed by atoms with Crippen molar-refractivity contribution >= 4 is 5.78 Å². The van der Waals surface area contributed by atoms with E-state index in [1.165, 1.54) is 77.0 Å². The summed E-state index contributed by atoms with van der Waals surface area (Å²) in [5.41, 5.74) is 0. The second-order valence-electron chi connectivity index (χ2n) is 7.12. The molecule has 0 aliphatic carbocycles. The zero-order valence-electron chi connectivity index (χ0n) is 16.7. The minimum Gasteiger partial charge on any atom is -0.312 e. The van der Waals surface area contributed by atoms with Gasteiger partial charge in [0.1, 0.15) is 5.78 Å². The Morgan fingerprint density at radius 1 is 0.696 bits per heavy atom. The molecule has 0 spiro atoms. The third kappa shape index (κ3) is 30.1. The van der Waals surface area contributed by atoms with Crippen LogP contribution in [0.1, 0.15) is 103 Å². The molecule has 2 heteroatoms. The highest BCUT2D eigenvalue weighted by Crippen LogP contribution is 2.13. The van der Waals surface area contributed by atoms with E-state index in [0.29, 0.717) is 12.2 Å². The Labute approximate surface area is 147 Å². The molecular weight excluding hydrogens is 282 g/mol. The summed E-state index contributed by atoms with van der Waals surface area (Å²) in [5.74, 6) is 0.322. The van der Waals surface area contributed by atoms with Crippen LogP contribution in [0.2, 0.25) is 0 Å². The number of carbonyl (C=O) groups excluding carboxylic acids is 1. The fraction of sp³-hybridized carbons (Fsp3) is 0.905. The van der Waals surface area contributed by atoms with Crippen LogP contribution in [0.3, 0.4) is 0 Å². The van der Waals surface area contributed by atoms with Gasteiger partial charge in [0.25, 0.3) is 0 Å². The molecule has 2 nitrogen and oxygen atoms in total. The molecule has 23 heavy (non-hydrogen) atoms. The van der Waals surface area contributed by atoms with Crippen molar-refractivity contribution in [3.05, 3.63) is 6.92 Å². The Morgan fingerprint density at radius 3 is 1.30 bits per heavy atom. The lowest BCUT2D eigenvalue weighted by Gasteiger charge is -2.02. The topological polar surface area (TPSA) is 20.3 Å². The van der Waals surface area contributed by atoms with Crippen LogP contribution >= 0.6 is 0 Å². The van der Waals surface area contributed by atoms with Gasteiger partial charge in [-0.05, 0) is 34.5 Å². The minimum atomic E-state index is 0.322. The van der Waals surface area contributed by atoms with Crippen molar-refractivity contribution in [2.75, 3.05) is 21.1 Å². The van der Waals surface area contributed by atoms with Gasteiger partial charge in [-0.1, -0.05) is 84.0 Å². The summed E-state index contributed by atoms with van der Waals surface area (Å²) >= 11 is 0. The van der Waals surface area contributed by atoms with Gasteiger partial charge in [0, 0.05) is 12.8 Å². The number of hydrogen-bond donors (Lipinski definition) is 0. The molecule has 0 saturated carbocycles. The maximum Gasteiger partial charge on any atom is 0.132 e. The molecule has 1 radical (unpaired) electrons. The Balaban J connectivity index is 0. The molecule has 0 aliphatic heterocycles. The van der Waals surface area contributed by atoms with Crippen LogP contribution in [-0.2, 0) is 4.79 Å². The summed E-state index contributed by atoms with van der Waals surface area (Å²) in [5, 5.41) is 0. The monoisotopic (exact) mass is 326 g/mol. The molecule has 0 aromatic rings. The minimum absolute atomic E-state index is 0.322. The number of unbranched alkanes of at least 4 members (excludes halogenated alkanes) is 12. The molecule has 0 heterocycles. The van der Waals surface area contributed by atoms with E-state index in [2.05, 4.69) is 13.8 Å². The van der Waals surface area contributed by atoms with Gasteiger partial charge in [0.05, 0.1) is 0 Å². The first-order valence-electron chi connectivity index (χ1n) is 9.96. The third-order valence-corrected chi connectivity index (χ3v) is 3.84. The molecule has 0 aromatic heterocycles. The predicted molar refractivity (Wildman–Crippen MR) is 105 cm³/mol. The van der Waals surface area contributed by atoms with Gasteiger partial charge in [-0.3, -0.25) is 4.79 Å². The highest BCUT2D eigenvalue weighted by Gasteiger charge is 1.97. The lowest BCUT2D eigenvalue weighted by Crippen LogP contribution is -1.99. The quantitative estimate of drug-likeness (QED) is 0.323. The maximum absolute atomic E-state index is 11.1. The first-order valence-corrected chi connectivity index (χ1v) is 9.96. The summed E-state index contributed by atoms with van der Waals surface area (Å²) in [6, 6.07) is 0. The Kier molecular flexibility index (Phi) is 23.4. The molecule has 139 valence electrons. The SMILES string of the molecule is CN(C)C.[CH2]CC(=O)CCCCCCCCCCCCCCC. The first-order chi connectivity index (χ1) is 11.0. The van der Waals surface area contributed by atoms with Gasteiger partial charge in [0.15, 0.2) is 0 Å². The largest absolute Gasteiger partial charge is 0.312 e. The maximum atomic E-state index is 11.1. The number of carbonyl (C=O) groups is 1. The zero-order valence-corrected chi connectivity index (χ0v) is 16.7. The van der Waals surface area contributed by atoms with E-state index in [4.69, 9.17) is 0 Å². The summed E-state index contributed by atoms with van der Waals surface area (Å²) in [6.45, 7) is 5.89. The lowest BCUT2D eigenvalue weighted by molar-refractivity contribution is -0.118. The van der Waals surface area contributed by atoms with Crippen molar-refractivity contribution in [2.24, 2.45) is 0 Å². The highest BCUT2D eigenvalue weighted by molar-refractivity contribution is 5.78. The normalized spacial score (nSPS) is 10.5. The van der Waals surface area contributed by atoms with E-state index in [1.54, 1.807) is 0 Å². The Hall–Kier alpha value is -0.370. The summed E-state index contributed by atoms with van der Waals surface area (Å²) in [7, 11) is 6.00. The van der Waals surface area contributed by atoms with Crippen molar-refractivity contribution in [1.82, 2.24) is 4.90 Å². The fourth-order valence-electron chi connectivity index (χ4n) is 2.46. The van der Waals surface area contributed by atoms with Crippen molar-refractivity contribution < 1.29 is 4.79 Å². The number of ketones is 1. The van der Waals surface area contributed by atoms with E-state index in [-0.39, 0.29) is 0 Å². The average molecular weight is 327 g/mol. The molecular formula is C21H44NO.